The normalized spacial score (nSPS) is 12.2. The average Bonchev–Trinajstić information content (AvgIpc) is 2.33. The number of aliphatic imine (C=N–C) groups is 1. The first kappa shape index (κ1) is 15.1. The lowest BCUT2D eigenvalue weighted by Crippen LogP contribution is -2.44. The second kappa shape index (κ2) is 6.31. The third-order valence-corrected chi connectivity index (χ3v) is 2.41. The Morgan fingerprint density at radius 2 is 1.95 bits per heavy atom. The van der Waals surface area contributed by atoms with Gasteiger partial charge in [0.1, 0.15) is 0 Å². The Labute approximate surface area is 114 Å². The van der Waals surface area contributed by atoms with Crippen molar-refractivity contribution in [2.45, 2.75) is 32.9 Å². The number of para-hydroxylation sites is 1. The van der Waals surface area contributed by atoms with Gasteiger partial charge in [0, 0.05) is 11.1 Å². The summed E-state index contributed by atoms with van der Waals surface area (Å²) in [6, 6.07) is 5.69. The summed E-state index contributed by atoms with van der Waals surface area (Å²) >= 11 is 0. The molecule has 5 nitrogen and oxygen atoms in total. The predicted octanol–water partition coefficient (Wildman–Crippen LogP) is 1.91. The number of nitrogens with two attached hydrogens (primary N) is 1. The SMILES string of the molecule is COc1cccc(CN=C(N)NC(C)(C)C)c1OC. The summed E-state index contributed by atoms with van der Waals surface area (Å²) in [5, 5.41) is 3.11. The zero-order chi connectivity index (χ0) is 14.5. The van der Waals surface area contributed by atoms with Crippen molar-refractivity contribution in [2.24, 2.45) is 10.7 Å². The van der Waals surface area contributed by atoms with Crippen LogP contribution in [0.15, 0.2) is 23.2 Å². The predicted molar refractivity (Wildman–Crippen MR) is 77.8 cm³/mol. The lowest BCUT2D eigenvalue weighted by molar-refractivity contribution is 0.352. The molecule has 5 heteroatoms. The number of hydrogen-bond acceptors (Lipinski definition) is 3. The minimum absolute atomic E-state index is 0.105. The molecule has 0 unspecified atom stereocenters. The van der Waals surface area contributed by atoms with Crippen LogP contribution < -0.4 is 20.5 Å². The van der Waals surface area contributed by atoms with Gasteiger partial charge in [0.15, 0.2) is 17.5 Å². The number of hydrogen-bond donors (Lipinski definition) is 2. The van der Waals surface area contributed by atoms with Crippen molar-refractivity contribution in [3.8, 4) is 11.5 Å². The number of rotatable bonds is 4. The molecular weight excluding hydrogens is 242 g/mol. The maximum absolute atomic E-state index is 5.84. The molecule has 0 amide bonds. The number of guanidine groups is 1. The fourth-order valence-corrected chi connectivity index (χ4v) is 1.67. The molecule has 0 heterocycles. The van der Waals surface area contributed by atoms with Crippen molar-refractivity contribution in [1.29, 1.82) is 0 Å². The smallest absolute Gasteiger partial charge is 0.189 e. The van der Waals surface area contributed by atoms with Crippen LogP contribution in [0.4, 0.5) is 0 Å². The minimum atomic E-state index is -0.105. The summed E-state index contributed by atoms with van der Waals surface area (Å²) in [6.45, 7) is 6.53. The van der Waals surface area contributed by atoms with Crippen LogP contribution in [-0.4, -0.2) is 25.7 Å². The minimum Gasteiger partial charge on any atom is -0.493 e. The van der Waals surface area contributed by atoms with Crippen LogP contribution in [0.1, 0.15) is 26.3 Å². The van der Waals surface area contributed by atoms with E-state index in [4.69, 9.17) is 15.2 Å². The van der Waals surface area contributed by atoms with Gasteiger partial charge < -0.3 is 20.5 Å². The van der Waals surface area contributed by atoms with Crippen LogP contribution in [0, 0.1) is 0 Å². The summed E-state index contributed by atoms with van der Waals surface area (Å²) in [5.41, 5.74) is 6.66. The van der Waals surface area contributed by atoms with Gasteiger partial charge in [-0.25, -0.2) is 4.99 Å². The van der Waals surface area contributed by atoms with Crippen LogP contribution in [0.3, 0.4) is 0 Å². The van der Waals surface area contributed by atoms with E-state index in [1.54, 1.807) is 14.2 Å². The monoisotopic (exact) mass is 265 g/mol. The highest BCUT2D eigenvalue weighted by atomic mass is 16.5. The van der Waals surface area contributed by atoms with Crippen molar-refractivity contribution in [2.75, 3.05) is 14.2 Å². The fourth-order valence-electron chi connectivity index (χ4n) is 1.67. The number of methoxy groups -OCH3 is 2. The van der Waals surface area contributed by atoms with Gasteiger partial charge in [-0.3, -0.25) is 0 Å². The Bertz CT molecular complexity index is 450. The molecular formula is C14H23N3O2. The molecule has 0 aromatic heterocycles. The lowest BCUT2D eigenvalue weighted by atomic mass is 10.1. The van der Waals surface area contributed by atoms with Crippen molar-refractivity contribution in [1.82, 2.24) is 5.32 Å². The Balaban J connectivity index is 2.85. The van der Waals surface area contributed by atoms with Gasteiger partial charge in [0.05, 0.1) is 20.8 Å². The summed E-state index contributed by atoms with van der Waals surface area (Å²) in [5.74, 6) is 1.80. The molecule has 0 saturated heterocycles. The highest BCUT2D eigenvalue weighted by molar-refractivity contribution is 5.78. The molecule has 0 aliphatic rings. The molecule has 0 atom stereocenters. The maximum Gasteiger partial charge on any atom is 0.189 e. The molecule has 0 fully saturated rings. The molecule has 0 radical (unpaired) electrons. The summed E-state index contributed by atoms with van der Waals surface area (Å²) < 4.78 is 10.6. The Kier molecular flexibility index (Phi) is 5.03. The summed E-state index contributed by atoms with van der Waals surface area (Å²) in [7, 11) is 3.22. The van der Waals surface area contributed by atoms with Crippen molar-refractivity contribution in [3.05, 3.63) is 23.8 Å². The molecule has 0 bridgehead atoms. The van der Waals surface area contributed by atoms with E-state index >= 15 is 0 Å². The van der Waals surface area contributed by atoms with Crippen LogP contribution in [0.25, 0.3) is 0 Å². The van der Waals surface area contributed by atoms with E-state index in [1.807, 2.05) is 39.0 Å². The zero-order valence-corrected chi connectivity index (χ0v) is 12.3. The topological polar surface area (TPSA) is 68.9 Å². The number of nitrogens with zero attached hydrogens (tertiary/aromatic N) is 1. The highest BCUT2D eigenvalue weighted by Crippen LogP contribution is 2.30. The molecule has 0 aliphatic carbocycles. The van der Waals surface area contributed by atoms with Crippen molar-refractivity contribution >= 4 is 5.96 Å². The number of benzene rings is 1. The quantitative estimate of drug-likeness (QED) is 0.644. The van der Waals surface area contributed by atoms with Gasteiger partial charge in [-0.2, -0.15) is 0 Å². The second-order valence-electron chi connectivity index (χ2n) is 5.23. The standard InChI is InChI=1S/C14H23N3O2/c1-14(2,3)17-13(15)16-9-10-7-6-8-11(18-4)12(10)19-5/h6-8H,9H2,1-5H3,(H3,15,16,17). The molecule has 3 N–H and O–H groups in total. The van der Waals surface area contributed by atoms with Gasteiger partial charge in [0.25, 0.3) is 0 Å². The molecule has 1 aromatic rings. The molecule has 1 rings (SSSR count). The molecule has 1 aromatic carbocycles. The van der Waals surface area contributed by atoms with Gasteiger partial charge in [-0.15, -0.1) is 0 Å². The average molecular weight is 265 g/mol. The third kappa shape index (κ3) is 4.69. The van der Waals surface area contributed by atoms with E-state index in [2.05, 4.69) is 10.3 Å². The Hall–Kier alpha value is -1.91. The Morgan fingerprint density at radius 3 is 2.47 bits per heavy atom. The van der Waals surface area contributed by atoms with E-state index in [0.29, 0.717) is 24.0 Å². The molecule has 0 aliphatic heterocycles. The lowest BCUT2D eigenvalue weighted by Gasteiger charge is -2.21. The summed E-state index contributed by atoms with van der Waals surface area (Å²) in [4.78, 5) is 4.31. The first-order valence-electron chi connectivity index (χ1n) is 6.15. The largest absolute Gasteiger partial charge is 0.493 e. The molecule has 0 spiro atoms. The van der Waals surface area contributed by atoms with Crippen LogP contribution >= 0.6 is 0 Å². The number of ether oxygens (including phenoxy) is 2. The van der Waals surface area contributed by atoms with E-state index in [9.17, 15) is 0 Å². The fraction of sp³-hybridized carbons (Fsp3) is 0.500. The molecule has 0 saturated carbocycles. The van der Waals surface area contributed by atoms with E-state index in [0.717, 1.165) is 5.56 Å². The molecule has 106 valence electrons. The van der Waals surface area contributed by atoms with E-state index < -0.39 is 0 Å². The van der Waals surface area contributed by atoms with Crippen LogP contribution in [0.2, 0.25) is 0 Å². The van der Waals surface area contributed by atoms with Crippen LogP contribution in [-0.2, 0) is 6.54 Å². The van der Waals surface area contributed by atoms with Crippen LogP contribution in [0.5, 0.6) is 11.5 Å². The van der Waals surface area contributed by atoms with Gasteiger partial charge >= 0.3 is 0 Å². The van der Waals surface area contributed by atoms with Gasteiger partial charge in [-0.1, -0.05) is 12.1 Å². The van der Waals surface area contributed by atoms with Crippen molar-refractivity contribution in [3.63, 3.8) is 0 Å². The van der Waals surface area contributed by atoms with Gasteiger partial charge in [-0.05, 0) is 26.8 Å². The molecule has 19 heavy (non-hydrogen) atoms. The highest BCUT2D eigenvalue weighted by Gasteiger charge is 2.11. The van der Waals surface area contributed by atoms with E-state index in [1.165, 1.54) is 0 Å². The maximum atomic E-state index is 5.84. The third-order valence-electron chi connectivity index (χ3n) is 2.41. The van der Waals surface area contributed by atoms with E-state index in [-0.39, 0.29) is 5.54 Å². The van der Waals surface area contributed by atoms with Gasteiger partial charge in [0.2, 0.25) is 0 Å². The first-order chi connectivity index (χ1) is 8.87. The summed E-state index contributed by atoms with van der Waals surface area (Å²) in [6.07, 6.45) is 0. The first-order valence-corrected chi connectivity index (χ1v) is 6.15. The second-order valence-corrected chi connectivity index (χ2v) is 5.23. The zero-order valence-electron chi connectivity index (χ0n) is 12.3. The number of nitrogens with one attached hydrogen (secondary N) is 1. The Morgan fingerprint density at radius 1 is 1.26 bits per heavy atom. The van der Waals surface area contributed by atoms with Crippen molar-refractivity contribution < 1.29 is 9.47 Å².